The van der Waals surface area contributed by atoms with Crippen LogP contribution in [0.5, 0.6) is 0 Å². The van der Waals surface area contributed by atoms with Crippen molar-refractivity contribution in [3.8, 4) is 0 Å². The van der Waals surface area contributed by atoms with Gasteiger partial charge in [-0.25, -0.2) is 4.57 Å². The monoisotopic (exact) mass is 201 g/mol. The minimum absolute atomic E-state index is 0.106. The predicted molar refractivity (Wildman–Crippen MR) is 36.0 cm³/mol. The summed E-state index contributed by atoms with van der Waals surface area (Å²) in [6, 6.07) is 0. The third kappa shape index (κ3) is 2.74. The van der Waals surface area contributed by atoms with E-state index in [1.807, 2.05) is 0 Å². The second-order valence-corrected chi connectivity index (χ2v) is 3.09. The molecule has 0 aromatic carbocycles. The Morgan fingerprint density at radius 2 is 2.36 bits per heavy atom. The predicted octanol–water partition coefficient (Wildman–Crippen LogP) is -0.317. The molecule has 7 nitrogen and oxygen atoms in total. The number of nitrogens with zero attached hydrogens (tertiary/aromatic N) is 3. The lowest BCUT2D eigenvalue weighted by molar-refractivity contribution is -0.166. The van der Waals surface area contributed by atoms with Crippen LogP contribution in [0.25, 0.3) is 0 Å². The van der Waals surface area contributed by atoms with Gasteiger partial charge in [-0.1, -0.05) is 5.17 Å². The van der Waals surface area contributed by atoms with Gasteiger partial charge in [-0.15, -0.1) is 4.64 Å². The van der Waals surface area contributed by atoms with Crippen LogP contribution in [-0.2, 0) is 9.19 Å². The molecule has 0 atom stereocenters. The minimum atomic E-state index is -4.53. The summed E-state index contributed by atoms with van der Waals surface area (Å²) in [4.78, 5) is 16.6. The van der Waals surface area contributed by atoms with Gasteiger partial charge in [-0.2, -0.15) is 9.73 Å². The number of hydrogen-bond donors (Lipinski definition) is 2. The highest BCUT2D eigenvalue weighted by Crippen LogP contribution is 2.38. The normalized spacial score (nSPS) is 19.7. The molecule has 0 radical (unpaired) electrons. The van der Waals surface area contributed by atoms with Crippen molar-refractivity contribution in [3.63, 3.8) is 0 Å². The largest absolute Gasteiger partial charge is 0.488 e. The van der Waals surface area contributed by atoms with Crippen LogP contribution in [0.1, 0.15) is 0 Å². The fraction of sp³-hybridized carbons (Fsp3) is 0.500. The highest BCUT2D eigenvalue weighted by molar-refractivity contribution is 7.46. The zero-order valence-corrected chi connectivity index (χ0v) is 6.81. The summed E-state index contributed by atoms with van der Waals surface area (Å²) in [5, 5.41) is 4.16. The Morgan fingerprint density at radius 3 is 2.73 bits per heavy atom. The molecule has 11 heavy (non-hydrogen) atoms. The molecule has 0 spiro atoms. The van der Waals surface area contributed by atoms with Gasteiger partial charge in [-0.05, 0) is 0 Å². The van der Waals surface area contributed by atoms with Crippen molar-refractivity contribution in [2.24, 2.45) is 5.10 Å². The van der Waals surface area contributed by atoms with Gasteiger partial charge in [0.15, 0.2) is 0 Å². The SMILES string of the molecule is O=P(O)(O)ON1CC=NN1Cl. The molecule has 1 rings (SSSR count). The van der Waals surface area contributed by atoms with E-state index in [9.17, 15) is 4.57 Å². The van der Waals surface area contributed by atoms with E-state index < -0.39 is 7.82 Å². The van der Waals surface area contributed by atoms with Crippen LogP contribution < -0.4 is 0 Å². The first-order valence-corrected chi connectivity index (χ1v) is 4.37. The molecule has 9 heteroatoms. The summed E-state index contributed by atoms with van der Waals surface area (Å²) in [5.41, 5.74) is 0. The Labute approximate surface area is 67.1 Å². The summed E-state index contributed by atoms with van der Waals surface area (Å²) < 4.78 is 15.0. The van der Waals surface area contributed by atoms with E-state index in [0.717, 1.165) is 5.17 Å². The van der Waals surface area contributed by atoms with E-state index in [1.165, 1.54) is 6.21 Å². The molecule has 0 saturated carbocycles. The lowest BCUT2D eigenvalue weighted by atomic mass is 10.8. The molecule has 0 bridgehead atoms. The Hall–Kier alpha value is -0.170. The average molecular weight is 202 g/mol. The summed E-state index contributed by atoms with van der Waals surface area (Å²) in [7, 11) is -4.53. The van der Waals surface area contributed by atoms with E-state index >= 15 is 0 Å². The standard InChI is InChI=1S/C2H5ClN3O4P/c3-6-4-1-2-5(6)10-11(7,8)9/h1H,2H2,(H2,7,8,9). The zero-order chi connectivity index (χ0) is 8.48. The van der Waals surface area contributed by atoms with E-state index in [2.05, 4.69) is 9.73 Å². The summed E-state index contributed by atoms with van der Waals surface area (Å²) in [6.45, 7) is 0.106. The molecule has 64 valence electrons. The minimum Gasteiger partial charge on any atom is -0.302 e. The first kappa shape index (κ1) is 8.92. The lowest BCUT2D eigenvalue weighted by Gasteiger charge is -2.18. The quantitative estimate of drug-likeness (QED) is 0.471. The van der Waals surface area contributed by atoms with E-state index in [-0.39, 0.29) is 6.54 Å². The number of hydroxylamine groups is 1. The van der Waals surface area contributed by atoms with Gasteiger partial charge >= 0.3 is 7.82 Å². The highest BCUT2D eigenvalue weighted by atomic mass is 35.5. The maximum Gasteiger partial charge on any atom is 0.488 e. The number of halogens is 1. The molecular weight excluding hydrogens is 196 g/mol. The highest BCUT2D eigenvalue weighted by Gasteiger charge is 2.26. The van der Waals surface area contributed by atoms with Crippen molar-refractivity contribution >= 4 is 25.8 Å². The van der Waals surface area contributed by atoms with Crippen molar-refractivity contribution < 1.29 is 19.0 Å². The van der Waals surface area contributed by atoms with Crippen LogP contribution in [0.15, 0.2) is 5.10 Å². The number of hydrazone groups is 1. The van der Waals surface area contributed by atoms with Crippen LogP contribution in [0.4, 0.5) is 0 Å². The molecule has 2 N–H and O–H groups in total. The third-order valence-corrected chi connectivity index (χ3v) is 1.46. The van der Waals surface area contributed by atoms with Gasteiger partial charge in [0.25, 0.3) is 0 Å². The maximum atomic E-state index is 10.2. The number of phosphoric acid groups is 1. The Bertz CT molecular complexity index is 215. The molecule has 0 amide bonds. The Kier molecular flexibility index (Phi) is 2.48. The average Bonchev–Trinajstić information content (AvgIpc) is 2.12. The molecule has 0 aromatic heterocycles. The van der Waals surface area contributed by atoms with Crippen LogP contribution in [0, 0.1) is 0 Å². The fourth-order valence-electron chi connectivity index (χ4n) is 0.485. The van der Waals surface area contributed by atoms with Gasteiger partial charge in [0, 0.05) is 6.21 Å². The number of hydrogen-bond acceptors (Lipinski definition) is 5. The first-order valence-electron chi connectivity index (χ1n) is 2.50. The van der Waals surface area contributed by atoms with Crippen LogP contribution in [0.3, 0.4) is 0 Å². The number of rotatable bonds is 2. The van der Waals surface area contributed by atoms with Crippen molar-refractivity contribution in [2.45, 2.75) is 0 Å². The Balaban J connectivity index is 2.46. The maximum absolute atomic E-state index is 10.2. The molecule has 0 aliphatic carbocycles. The van der Waals surface area contributed by atoms with Gasteiger partial charge in [0.2, 0.25) is 0 Å². The summed E-state index contributed by atoms with van der Waals surface area (Å²) >= 11 is 5.28. The fourth-order valence-corrected chi connectivity index (χ4v) is 1.06. The van der Waals surface area contributed by atoms with E-state index in [4.69, 9.17) is 21.6 Å². The van der Waals surface area contributed by atoms with Crippen molar-refractivity contribution in [2.75, 3.05) is 6.54 Å². The Morgan fingerprint density at radius 1 is 1.73 bits per heavy atom. The van der Waals surface area contributed by atoms with Gasteiger partial charge in [0.1, 0.15) is 0 Å². The summed E-state index contributed by atoms with van der Waals surface area (Å²) in [6.07, 6.45) is 1.34. The number of hydrazine groups is 1. The van der Waals surface area contributed by atoms with Crippen molar-refractivity contribution in [3.05, 3.63) is 0 Å². The zero-order valence-electron chi connectivity index (χ0n) is 5.16. The van der Waals surface area contributed by atoms with Crippen molar-refractivity contribution in [1.29, 1.82) is 0 Å². The molecule has 1 aliphatic heterocycles. The van der Waals surface area contributed by atoms with Gasteiger partial charge in [-0.3, -0.25) is 0 Å². The van der Waals surface area contributed by atoms with Gasteiger partial charge in [0.05, 0.1) is 18.3 Å². The topological polar surface area (TPSA) is 85.6 Å². The second-order valence-electron chi connectivity index (χ2n) is 1.65. The smallest absolute Gasteiger partial charge is 0.302 e. The van der Waals surface area contributed by atoms with E-state index in [1.54, 1.807) is 0 Å². The van der Waals surface area contributed by atoms with Crippen molar-refractivity contribution in [1.82, 2.24) is 9.81 Å². The third-order valence-electron chi connectivity index (χ3n) is 0.799. The first-order chi connectivity index (χ1) is 4.99. The van der Waals surface area contributed by atoms with E-state index in [0.29, 0.717) is 4.64 Å². The molecule has 0 unspecified atom stereocenters. The molecule has 1 heterocycles. The molecule has 0 saturated heterocycles. The van der Waals surface area contributed by atoms with Crippen LogP contribution >= 0.6 is 19.6 Å². The second kappa shape index (κ2) is 3.06. The molecule has 1 aliphatic rings. The molecular formula is C2H5ClN3O4P. The van der Waals surface area contributed by atoms with Gasteiger partial charge < -0.3 is 9.79 Å². The lowest BCUT2D eigenvalue weighted by Crippen LogP contribution is -2.27. The summed E-state index contributed by atoms with van der Waals surface area (Å²) in [5.74, 6) is 0. The van der Waals surface area contributed by atoms with Crippen LogP contribution in [-0.4, -0.2) is 32.4 Å². The molecule has 0 aromatic rings. The molecule has 0 fully saturated rings. The van der Waals surface area contributed by atoms with Crippen LogP contribution in [0.2, 0.25) is 0 Å².